The van der Waals surface area contributed by atoms with E-state index in [-0.39, 0.29) is 11.9 Å². The van der Waals surface area contributed by atoms with Crippen molar-refractivity contribution in [2.24, 2.45) is 5.10 Å². The third kappa shape index (κ3) is 3.28. The van der Waals surface area contributed by atoms with Crippen molar-refractivity contribution in [3.63, 3.8) is 0 Å². The van der Waals surface area contributed by atoms with Crippen LogP contribution in [-0.4, -0.2) is 38.5 Å². The lowest BCUT2D eigenvalue weighted by Crippen LogP contribution is -2.42. The average molecular weight is 340 g/mol. The van der Waals surface area contributed by atoms with Crippen LogP contribution >= 0.6 is 0 Å². The molecular formula is C19H20N2O4. The highest BCUT2D eigenvalue weighted by Crippen LogP contribution is 2.38. The van der Waals surface area contributed by atoms with E-state index in [1.165, 1.54) is 5.01 Å². The summed E-state index contributed by atoms with van der Waals surface area (Å²) in [4.78, 5) is 11.9. The zero-order chi connectivity index (χ0) is 17.8. The van der Waals surface area contributed by atoms with Gasteiger partial charge in [0.2, 0.25) is 11.7 Å². The van der Waals surface area contributed by atoms with Crippen molar-refractivity contribution >= 4 is 12.1 Å². The number of carbonyl (C=O) groups is 1. The molecule has 1 aliphatic heterocycles. The van der Waals surface area contributed by atoms with E-state index in [1.54, 1.807) is 39.7 Å². The Kier molecular flexibility index (Phi) is 4.88. The molecule has 2 aromatic carbocycles. The molecular weight excluding hydrogens is 320 g/mol. The summed E-state index contributed by atoms with van der Waals surface area (Å²) in [6.07, 6.45) is 2.09. The van der Waals surface area contributed by atoms with Crippen LogP contribution in [0.25, 0.3) is 0 Å². The van der Waals surface area contributed by atoms with E-state index in [0.717, 1.165) is 11.1 Å². The van der Waals surface area contributed by atoms with Crippen molar-refractivity contribution in [1.82, 2.24) is 5.01 Å². The number of methoxy groups -OCH3 is 3. The van der Waals surface area contributed by atoms with Crippen LogP contribution in [0.15, 0.2) is 47.6 Å². The predicted molar refractivity (Wildman–Crippen MR) is 94.3 cm³/mol. The molecule has 6 nitrogen and oxygen atoms in total. The Bertz CT molecular complexity index is 764. The molecule has 1 aliphatic rings. The van der Waals surface area contributed by atoms with Crippen molar-refractivity contribution in [3.8, 4) is 17.2 Å². The number of hydrogen-bond donors (Lipinski definition) is 0. The van der Waals surface area contributed by atoms with E-state index in [0.29, 0.717) is 23.7 Å². The van der Waals surface area contributed by atoms with Gasteiger partial charge >= 0.3 is 0 Å². The summed E-state index contributed by atoms with van der Waals surface area (Å²) < 4.78 is 16.0. The second-order valence-electron chi connectivity index (χ2n) is 5.57. The summed E-state index contributed by atoms with van der Waals surface area (Å²) in [6, 6.07) is 13.4. The first-order chi connectivity index (χ1) is 12.2. The lowest BCUT2D eigenvalue weighted by molar-refractivity contribution is -0.146. The Morgan fingerprint density at radius 1 is 1.04 bits per heavy atom. The highest BCUT2D eigenvalue weighted by molar-refractivity contribution is 5.87. The number of rotatable bonds is 6. The van der Waals surface area contributed by atoms with Crippen LogP contribution < -0.4 is 14.2 Å². The molecule has 25 heavy (non-hydrogen) atoms. The minimum Gasteiger partial charge on any atom is -0.493 e. The van der Waals surface area contributed by atoms with Crippen LogP contribution in [0.5, 0.6) is 17.2 Å². The van der Waals surface area contributed by atoms with Crippen molar-refractivity contribution in [3.05, 3.63) is 53.6 Å². The highest BCUT2D eigenvalue weighted by Gasteiger charge is 2.37. The summed E-state index contributed by atoms with van der Waals surface area (Å²) in [6.45, 7) is 0. The van der Waals surface area contributed by atoms with Gasteiger partial charge < -0.3 is 14.2 Å². The molecule has 3 rings (SSSR count). The lowest BCUT2D eigenvalue weighted by atomic mass is 9.96. The number of ether oxygens (including phenoxy) is 3. The quantitative estimate of drug-likeness (QED) is 0.599. The molecule has 0 radical (unpaired) electrons. The Hall–Kier alpha value is -3.02. The number of hydrogen-bond acceptors (Lipinski definition) is 5. The van der Waals surface area contributed by atoms with Crippen molar-refractivity contribution in [2.45, 2.75) is 12.5 Å². The SMILES string of the molecule is COc1cc(C=NN2C(=O)CC2c2ccccc2)cc(OC)c1OC. The lowest BCUT2D eigenvalue weighted by Gasteiger charge is -2.36. The minimum atomic E-state index is -0.0213. The van der Waals surface area contributed by atoms with Crippen LogP contribution in [0.1, 0.15) is 23.6 Å². The van der Waals surface area contributed by atoms with Crippen LogP contribution in [0, 0.1) is 0 Å². The summed E-state index contributed by atoms with van der Waals surface area (Å²) in [5.41, 5.74) is 1.82. The third-order valence-electron chi connectivity index (χ3n) is 4.12. The maximum absolute atomic E-state index is 11.9. The first-order valence-electron chi connectivity index (χ1n) is 7.89. The second-order valence-corrected chi connectivity index (χ2v) is 5.57. The standard InChI is InChI=1S/C19H20N2O4/c1-23-16-9-13(10-17(24-2)19(16)25-3)12-20-21-15(11-18(21)22)14-7-5-4-6-8-14/h4-10,12,15H,11H2,1-3H3. The molecule has 0 aliphatic carbocycles. The average Bonchev–Trinajstić information content (AvgIpc) is 2.65. The van der Waals surface area contributed by atoms with Gasteiger partial charge in [-0.2, -0.15) is 5.10 Å². The first kappa shape index (κ1) is 16.8. The number of β-lactam (4-membered cyclic amide) rings is 1. The zero-order valence-electron chi connectivity index (χ0n) is 14.4. The van der Waals surface area contributed by atoms with Crippen LogP contribution in [-0.2, 0) is 4.79 Å². The van der Waals surface area contributed by atoms with E-state index in [9.17, 15) is 4.79 Å². The fourth-order valence-corrected chi connectivity index (χ4v) is 2.79. The Morgan fingerprint density at radius 2 is 1.68 bits per heavy atom. The van der Waals surface area contributed by atoms with Gasteiger partial charge in [-0.25, -0.2) is 5.01 Å². The second kappa shape index (κ2) is 7.25. The van der Waals surface area contributed by atoms with Crippen LogP contribution in [0.3, 0.4) is 0 Å². The smallest absolute Gasteiger partial charge is 0.245 e. The van der Waals surface area contributed by atoms with E-state index < -0.39 is 0 Å². The molecule has 1 atom stereocenters. The molecule has 0 N–H and O–H groups in total. The monoisotopic (exact) mass is 340 g/mol. The number of benzene rings is 2. The number of carbonyl (C=O) groups excluding carboxylic acids is 1. The molecule has 0 bridgehead atoms. The van der Waals surface area contributed by atoms with Gasteiger partial charge in [0.05, 0.1) is 40.0 Å². The first-order valence-corrected chi connectivity index (χ1v) is 7.89. The summed E-state index contributed by atoms with van der Waals surface area (Å²) in [7, 11) is 4.67. The van der Waals surface area contributed by atoms with E-state index in [2.05, 4.69) is 5.10 Å². The fraction of sp³-hybridized carbons (Fsp3) is 0.263. The van der Waals surface area contributed by atoms with Crippen LogP contribution in [0.2, 0.25) is 0 Å². The molecule has 0 aromatic heterocycles. The molecule has 1 unspecified atom stereocenters. The van der Waals surface area contributed by atoms with E-state index >= 15 is 0 Å². The summed E-state index contributed by atoms with van der Waals surface area (Å²) >= 11 is 0. The predicted octanol–water partition coefficient (Wildman–Crippen LogP) is 3.02. The summed E-state index contributed by atoms with van der Waals surface area (Å²) in [5, 5.41) is 5.85. The van der Waals surface area contributed by atoms with Gasteiger partial charge in [-0.15, -0.1) is 0 Å². The zero-order valence-corrected chi connectivity index (χ0v) is 14.4. The van der Waals surface area contributed by atoms with Crippen molar-refractivity contribution in [2.75, 3.05) is 21.3 Å². The molecule has 1 amide bonds. The Labute approximate surface area is 146 Å². The molecule has 0 spiro atoms. The van der Waals surface area contributed by atoms with Gasteiger partial charge in [0, 0.05) is 5.56 Å². The number of nitrogens with zero attached hydrogens (tertiary/aromatic N) is 2. The molecule has 0 saturated carbocycles. The van der Waals surface area contributed by atoms with Gasteiger partial charge in [0.25, 0.3) is 0 Å². The van der Waals surface area contributed by atoms with Gasteiger partial charge in [-0.1, -0.05) is 30.3 Å². The topological polar surface area (TPSA) is 60.4 Å². The third-order valence-corrected chi connectivity index (χ3v) is 4.12. The Balaban J connectivity index is 1.85. The van der Waals surface area contributed by atoms with Gasteiger partial charge in [-0.05, 0) is 17.7 Å². The van der Waals surface area contributed by atoms with Crippen LogP contribution in [0.4, 0.5) is 0 Å². The highest BCUT2D eigenvalue weighted by atomic mass is 16.5. The molecule has 2 aromatic rings. The largest absolute Gasteiger partial charge is 0.493 e. The maximum atomic E-state index is 11.9. The molecule has 1 saturated heterocycles. The molecule has 130 valence electrons. The van der Waals surface area contributed by atoms with Gasteiger partial charge in [-0.3, -0.25) is 4.79 Å². The Morgan fingerprint density at radius 3 is 2.20 bits per heavy atom. The minimum absolute atomic E-state index is 0.00227. The molecule has 6 heteroatoms. The molecule has 1 fully saturated rings. The van der Waals surface area contributed by atoms with Crippen molar-refractivity contribution in [1.29, 1.82) is 0 Å². The molecule has 1 heterocycles. The van der Waals surface area contributed by atoms with E-state index in [1.807, 2.05) is 30.3 Å². The maximum Gasteiger partial charge on any atom is 0.245 e. The van der Waals surface area contributed by atoms with Crippen molar-refractivity contribution < 1.29 is 19.0 Å². The van der Waals surface area contributed by atoms with E-state index in [4.69, 9.17) is 14.2 Å². The normalized spacial score (nSPS) is 16.7. The van der Waals surface area contributed by atoms with Gasteiger partial charge in [0.15, 0.2) is 11.5 Å². The summed E-state index contributed by atoms with van der Waals surface area (Å²) in [5.74, 6) is 1.59. The number of amides is 1. The fourth-order valence-electron chi connectivity index (χ4n) is 2.79. The number of hydrazone groups is 1. The van der Waals surface area contributed by atoms with Gasteiger partial charge in [0.1, 0.15) is 0 Å².